The van der Waals surface area contributed by atoms with Crippen LogP contribution in [-0.2, 0) is 9.59 Å². The zero-order valence-corrected chi connectivity index (χ0v) is 10.4. The predicted molar refractivity (Wildman–Crippen MR) is 68.3 cm³/mol. The van der Waals surface area contributed by atoms with E-state index in [2.05, 4.69) is 0 Å². The number of hydrogen-bond donors (Lipinski definition) is 1. The molecule has 1 aromatic carbocycles. The molecule has 7 heteroatoms. The molecule has 1 aliphatic rings. The molecule has 0 atom stereocenters. The van der Waals surface area contributed by atoms with Crippen LogP contribution >= 0.6 is 11.8 Å². The summed E-state index contributed by atoms with van der Waals surface area (Å²) in [6.45, 7) is -0.473. The van der Waals surface area contributed by atoms with Crippen LogP contribution in [0.1, 0.15) is 5.56 Å². The van der Waals surface area contributed by atoms with Crippen LogP contribution in [0.5, 0.6) is 0 Å². The number of hydrogen-bond acceptors (Lipinski definition) is 4. The SMILES string of the molecule is NC(=O)CN1C(=O)S/C(=C\c2ccccc2F)C1=O. The molecule has 3 amide bonds. The van der Waals surface area contributed by atoms with Gasteiger partial charge in [0.2, 0.25) is 5.91 Å². The van der Waals surface area contributed by atoms with Crippen molar-refractivity contribution in [3.8, 4) is 0 Å². The molecule has 2 rings (SSSR count). The number of thioether (sulfide) groups is 1. The summed E-state index contributed by atoms with van der Waals surface area (Å²) in [5.74, 6) is -1.92. The molecule has 5 nitrogen and oxygen atoms in total. The number of amides is 3. The van der Waals surface area contributed by atoms with E-state index in [-0.39, 0.29) is 10.5 Å². The van der Waals surface area contributed by atoms with Gasteiger partial charge < -0.3 is 5.73 Å². The van der Waals surface area contributed by atoms with Crippen molar-refractivity contribution in [2.45, 2.75) is 0 Å². The van der Waals surface area contributed by atoms with Crippen molar-refractivity contribution in [1.29, 1.82) is 0 Å². The fraction of sp³-hybridized carbons (Fsp3) is 0.0833. The lowest BCUT2D eigenvalue weighted by Crippen LogP contribution is -2.36. The molecule has 1 aromatic rings. The van der Waals surface area contributed by atoms with E-state index in [9.17, 15) is 18.8 Å². The van der Waals surface area contributed by atoms with Gasteiger partial charge in [0.15, 0.2) is 0 Å². The number of nitrogens with zero attached hydrogens (tertiary/aromatic N) is 1. The van der Waals surface area contributed by atoms with Gasteiger partial charge in [0.05, 0.1) is 4.91 Å². The average Bonchev–Trinajstić information content (AvgIpc) is 2.60. The summed E-state index contributed by atoms with van der Waals surface area (Å²) >= 11 is 0.651. The second kappa shape index (κ2) is 5.23. The van der Waals surface area contributed by atoms with E-state index in [1.807, 2.05) is 0 Å². The number of imide groups is 1. The van der Waals surface area contributed by atoms with E-state index < -0.39 is 29.4 Å². The monoisotopic (exact) mass is 280 g/mol. The van der Waals surface area contributed by atoms with Crippen LogP contribution in [0.3, 0.4) is 0 Å². The van der Waals surface area contributed by atoms with Gasteiger partial charge in [-0.1, -0.05) is 18.2 Å². The van der Waals surface area contributed by atoms with E-state index in [0.717, 1.165) is 4.90 Å². The lowest BCUT2D eigenvalue weighted by Gasteiger charge is -2.08. The standard InChI is InChI=1S/C12H9FN2O3S/c13-8-4-2-1-3-7(8)5-9-11(17)15(6-10(14)16)12(18)19-9/h1-5H,6H2,(H2,14,16)/b9-5-. The van der Waals surface area contributed by atoms with Gasteiger partial charge in [-0.15, -0.1) is 0 Å². The Morgan fingerprint density at radius 2 is 2.05 bits per heavy atom. The minimum absolute atomic E-state index is 0.0661. The lowest BCUT2D eigenvalue weighted by atomic mass is 10.2. The maximum atomic E-state index is 13.4. The van der Waals surface area contributed by atoms with Gasteiger partial charge in [-0.2, -0.15) is 0 Å². The minimum Gasteiger partial charge on any atom is -0.368 e. The molecule has 0 spiro atoms. The van der Waals surface area contributed by atoms with Crippen LogP contribution in [0.15, 0.2) is 29.2 Å². The number of halogens is 1. The molecule has 1 aliphatic heterocycles. The summed E-state index contributed by atoms with van der Waals surface area (Å²) in [7, 11) is 0. The van der Waals surface area contributed by atoms with Crippen LogP contribution in [0, 0.1) is 5.82 Å². The number of carbonyl (C=O) groups excluding carboxylic acids is 3. The zero-order chi connectivity index (χ0) is 14.0. The molecule has 1 saturated heterocycles. The molecule has 0 unspecified atom stereocenters. The van der Waals surface area contributed by atoms with Crippen molar-refractivity contribution in [3.63, 3.8) is 0 Å². The minimum atomic E-state index is -0.783. The molecule has 19 heavy (non-hydrogen) atoms. The summed E-state index contributed by atoms with van der Waals surface area (Å²) in [5.41, 5.74) is 5.15. The molecule has 98 valence electrons. The highest BCUT2D eigenvalue weighted by molar-refractivity contribution is 8.18. The first kappa shape index (κ1) is 13.3. The molecule has 0 aromatic heterocycles. The Bertz CT molecular complexity index is 600. The quantitative estimate of drug-likeness (QED) is 0.847. The number of carbonyl (C=O) groups is 3. The zero-order valence-electron chi connectivity index (χ0n) is 9.63. The van der Waals surface area contributed by atoms with Gasteiger partial charge in [0.25, 0.3) is 11.1 Å². The Morgan fingerprint density at radius 1 is 1.37 bits per heavy atom. The first-order valence-electron chi connectivity index (χ1n) is 5.27. The van der Waals surface area contributed by atoms with Gasteiger partial charge in [0, 0.05) is 5.56 Å². The van der Waals surface area contributed by atoms with E-state index in [4.69, 9.17) is 5.73 Å². The van der Waals surface area contributed by atoms with Crippen LogP contribution < -0.4 is 5.73 Å². The topological polar surface area (TPSA) is 80.5 Å². The third-order valence-corrected chi connectivity index (χ3v) is 3.29. The van der Waals surface area contributed by atoms with E-state index in [1.54, 1.807) is 6.07 Å². The van der Waals surface area contributed by atoms with Crippen LogP contribution in [0.2, 0.25) is 0 Å². The van der Waals surface area contributed by atoms with Gasteiger partial charge in [-0.25, -0.2) is 4.39 Å². The molecule has 0 bridgehead atoms. The van der Waals surface area contributed by atoms with E-state index in [1.165, 1.54) is 24.3 Å². The van der Waals surface area contributed by atoms with Crippen LogP contribution in [-0.4, -0.2) is 28.5 Å². The second-order valence-electron chi connectivity index (χ2n) is 3.76. The highest BCUT2D eigenvalue weighted by Gasteiger charge is 2.35. The maximum Gasteiger partial charge on any atom is 0.294 e. The number of primary amides is 1. The molecule has 1 fully saturated rings. The highest BCUT2D eigenvalue weighted by atomic mass is 32.2. The first-order valence-corrected chi connectivity index (χ1v) is 6.09. The van der Waals surface area contributed by atoms with Crippen LogP contribution in [0.4, 0.5) is 9.18 Å². The average molecular weight is 280 g/mol. The number of rotatable bonds is 3. The van der Waals surface area contributed by atoms with Gasteiger partial charge in [-0.3, -0.25) is 19.3 Å². The van der Waals surface area contributed by atoms with Gasteiger partial charge >= 0.3 is 0 Å². The Balaban J connectivity index is 2.28. The van der Waals surface area contributed by atoms with E-state index in [0.29, 0.717) is 11.8 Å². The van der Waals surface area contributed by atoms with Crippen LogP contribution in [0.25, 0.3) is 6.08 Å². The summed E-state index contributed by atoms with van der Waals surface area (Å²) < 4.78 is 13.4. The smallest absolute Gasteiger partial charge is 0.294 e. The molecular weight excluding hydrogens is 271 g/mol. The summed E-state index contributed by atoms with van der Waals surface area (Å²) in [6.07, 6.45) is 1.28. The molecule has 0 radical (unpaired) electrons. The molecule has 0 saturated carbocycles. The third-order valence-electron chi connectivity index (χ3n) is 2.38. The van der Waals surface area contributed by atoms with Crippen molar-refractivity contribution in [2.75, 3.05) is 6.54 Å². The van der Waals surface area contributed by atoms with Gasteiger partial charge in [0.1, 0.15) is 12.4 Å². The van der Waals surface area contributed by atoms with Crippen molar-refractivity contribution in [3.05, 3.63) is 40.6 Å². The van der Waals surface area contributed by atoms with Gasteiger partial charge in [-0.05, 0) is 23.9 Å². The Labute approximate surface area is 112 Å². The molecule has 0 aliphatic carbocycles. The first-order chi connectivity index (χ1) is 8.99. The fourth-order valence-corrected chi connectivity index (χ4v) is 2.35. The van der Waals surface area contributed by atoms with Crippen molar-refractivity contribution >= 4 is 34.9 Å². The van der Waals surface area contributed by atoms with Crippen molar-refractivity contribution in [2.24, 2.45) is 5.73 Å². The lowest BCUT2D eigenvalue weighted by molar-refractivity contribution is -0.127. The number of benzene rings is 1. The predicted octanol–water partition coefficient (Wildman–Crippen LogP) is 1.35. The fourth-order valence-electron chi connectivity index (χ4n) is 1.53. The van der Waals surface area contributed by atoms with Crippen molar-refractivity contribution in [1.82, 2.24) is 4.90 Å². The summed E-state index contributed by atoms with van der Waals surface area (Å²) in [4.78, 5) is 34.9. The molecular formula is C12H9FN2O3S. The third kappa shape index (κ3) is 2.82. The van der Waals surface area contributed by atoms with E-state index >= 15 is 0 Å². The summed E-state index contributed by atoms with van der Waals surface area (Å²) in [5, 5.41) is -0.591. The molecule has 1 heterocycles. The largest absolute Gasteiger partial charge is 0.368 e. The molecule has 2 N–H and O–H groups in total. The number of nitrogens with two attached hydrogens (primary N) is 1. The Kier molecular flexibility index (Phi) is 3.66. The second-order valence-corrected chi connectivity index (χ2v) is 4.75. The normalized spacial score (nSPS) is 17.3. The summed E-state index contributed by atoms with van der Waals surface area (Å²) in [6, 6.07) is 5.87. The maximum absolute atomic E-state index is 13.4. The Hall–Kier alpha value is -2.15. The Morgan fingerprint density at radius 3 is 2.68 bits per heavy atom. The van der Waals surface area contributed by atoms with Crippen molar-refractivity contribution < 1.29 is 18.8 Å². The highest BCUT2D eigenvalue weighted by Crippen LogP contribution is 2.32.